The average molecular weight is 332 g/mol. The Bertz CT molecular complexity index is 606. The summed E-state index contributed by atoms with van der Waals surface area (Å²) < 4.78 is 26.9. The van der Waals surface area contributed by atoms with E-state index in [-0.39, 0.29) is 10.9 Å². The summed E-state index contributed by atoms with van der Waals surface area (Å²) in [5.41, 5.74) is 0. The lowest BCUT2D eigenvalue weighted by molar-refractivity contribution is 0.239. The van der Waals surface area contributed by atoms with Gasteiger partial charge in [0.15, 0.2) is 0 Å². The van der Waals surface area contributed by atoms with Crippen LogP contribution >= 0.6 is 11.6 Å². The molecular weight excluding hydrogens is 310 g/mol. The zero-order valence-electron chi connectivity index (χ0n) is 12.6. The van der Waals surface area contributed by atoms with Crippen LogP contribution in [0.4, 0.5) is 5.82 Å². The number of nitrogens with one attached hydrogen (secondary N) is 1. The molecule has 1 heterocycles. The fourth-order valence-corrected chi connectivity index (χ4v) is 4.53. The molecule has 0 spiro atoms. The Morgan fingerprint density at radius 1 is 1.43 bits per heavy atom. The lowest BCUT2D eigenvalue weighted by Gasteiger charge is -2.33. The second kappa shape index (κ2) is 6.50. The molecule has 7 heteroatoms. The van der Waals surface area contributed by atoms with Crippen molar-refractivity contribution in [1.82, 2.24) is 9.29 Å². The number of aromatic nitrogens is 1. The van der Waals surface area contributed by atoms with E-state index < -0.39 is 10.0 Å². The van der Waals surface area contributed by atoms with Crippen LogP contribution < -0.4 is 5.32 Å². The quantitative estimate of drug-likeness (QED) is 0.921. The van der Waals surface area contributed by atoms with Gasteiger partial charge < -0.3 is 5.32 Å². The van der Waals surface area contributed by atoms with E-state index in [0.717, 1.165) is 19.3 Å². The number of hydrogen-bond donors (Lipinski definition) is 1. The third-order valence-corrected chi connectivity index (χ3v) is 6.32. The maximum Gasteiger partial charge on any atom is 0.244 e. The van der Waals surface area contributed by atoms with Crippen molar-refractivity contribution in [3.05, 3.63) is 17.3 Å². The van der Waals surface area contributed by atoms with Gasteiger partial charge in [0.05, 0.1) is 5.02 Å². The first-order valence-electron chi connectivity index (χ1n) is 7.17. The van der Waals surface area contributed by atoms with Crippen LogP contribution in [0, 0.1) is 5.92 Å². The van der Waals surface area contributed by atoms with Crippen LogP contribution in [0.5, 0.6) is 0 Å². The number of sulfonamides is 1. The molecule has 118 valence electrons. The minimum Gasteiger partial charge on any atom is -0.372 e. The second-order valence-electron chi connectivity index (χ2n) is 5.70. The van der Waals surface area contributed by atoms with Gasteiger partial charge >= 0.3 is 0 Å². The molecule has 1 aromatic rings. The summed E-state index contributed by atoms with van der Waals surface area (Å²) in [5, 5.41) is 3.13. The van der Waals surface area contributed by atoms with Gasteiger partial charge in [0.2, 0.25) is 10.0 Å². The number of nitrogens with zero attached hydrogens (tertiary/aromatic N) is 2. The highest BCUT2D eigenvalue weighted by Gasteiger charge is 2.31. The molecule has 1 fully saturated rings. The maximum absolute atomic E-state index is 12.7. The van der Waals surface area contributed by atoms with Crippen molar-refractivity contribution in [2.75, 3.05) is 19.4 Å². The molecule has 1 N–H and O–H groups in total. The Morgan fingerprint density at radius 3 is 2.71 bits per heavy atom. The lowest BCUT2D eigenvalue weighted by Crippen LogP contribution is -2.39. The van der Waals surface area contributed by atoms with Crippen LogP contribution in [0.2, 0.25) is 5.02 Å². The molecule has 0 radical (unpaired) electrons. The maximum atomic E-state index is 12.7. The predicted molar refractivity (Wildman–Crippen MR) is 85.2 cm³/mol. The molecule has 0 bridgehead atoms. The molecule has 2 atom stereocenters. The monoisotopic (exact) mass is 331 g/mol. The fraction of sp³-hybridized carbons (Fsp3) is 0.643. The van der Waals surface area contributed by atoms with Gasteiger partial charge in [-0.3, -0.25) is 0 Å². The highest BCUT2D eigenvalue weighted by atomic mass is 35.5. The number of pyridine rings is 1. The van der Waals surface area contributed by atoms with Gasteiger partial charge in [-0.05, 0) is 24.8 Å². The Balaban J connectivity index is 2.26. The highest BCUT2D eigenvalue weighted by Crippen LogP contribution is 2.31. The summed E-state index contributed by atoms with van der Waals surface area (Å²) >= 11 is 6.04. The zero-order chi connectivity index (χ0) is 15.6. The third-order valence-electron chi connectivity index (χ3n) is 4.15. The summed E-state index contributed by atoms with van der Waals surface area (Å²) in [7, 11) is -0.208. The van der Waals surface area contributed by atoms with Crippen molar-refractivity contribution in [2.45, 2.75) is 43.5 Å². The fourth-order valence-electron chi connectivity index (χ4n) is 2.84. The molecule has 1 saturated carbocycles. The molecule has 0 amide bonds. The first-order valence-corrected chi connectivity index (χ1v) is 8.99. The molecule has 2 rings (SSSR count). The second-order valence-corrected chi connectivity index (χ2v) is 8.10. The molecule has 21 heavy (non-hydrogen) atoms. The summed E-state index contributed by atoms with van der Waals surface area (Å²) in [5.74, 6) is 1.04. The van der Waals surface area contributed by atoms with E-state index in [0.29, 0.717) is 16.8 Å². The smallest absolute Gasteiger partial charge is 0.244 e. The molecule has 1 aromatic heterocycles. The van der Waals surface area contributed by atoms with Gasteiger partial charge in [0, 0.05) is 26.3 Å². The van der Waals surface area contributed by atoms with Crippen molar-refractivity contribution in [3.63, 3.8) is 0 Å². The Morgan fingerprint density at radius 2 is 2.14 bits per heavy atom. The topological polar surface area (TPSA) is 62.3 Å². The van der Waals surface area contributed by atoms with Gasteiger partial charge in [-0.15, -0.1) is 0 Å². The Hall–Kier alpha value is -0.850. The summed E-state index contributed by atoms with van der Waals surface area (Å²) in [6.07, 6.45) is 5.43. The number of halogens is 1. The van der Waals surface area contributed by atoms with E-state index in [4.69, 9.17) is 11.6 Å². The first-order chi connectivity index (χ1) is 9.86. The number of rotatable bonds is 4. The van der Waals surface area contributed by atoms with Crippen molar-refractivity contribution in [2.24, 2.45) is 5.92 Å². The zero-order valence-corrected chi connectivity index (χ0v) is 14.2. The van der Waals surface area contributed by atoms with Gasteiger partial charge in [-0.25, -0.2) is 13.4 Å². The van der Waals surface area contributed by atoms with Gasteiger partial charge in [-0.1, -0.05) is 31.4 Å². The van der Waals surface area contributed by atoms with Crippen molar-refractivity contribution in [1.29, 1.82) is 0 Å². The van der Waals surface area contributed by atoms with Crippen LogP contribution in [0.3, 0.4) is 0 Å². The van der Waals surface area contributed by atoms with Crippen LogP contribution in [-0.2, 0) is 10.0 Å². The number of anilines is 1. The molecule has 0 aromatic carbocycles. The summed E-state index contributed by atoms with van der Waals surface area (Å²) in [4.78, 5) is 4.20. The molecular formula is C14H22ClN3O2S. The van der Waals surface area contributed by atoms with E-state index in [1.165, 1.54) is 23.0 Å². The Kier molecular flexibility index (Phi) is 5.11. The van der Waals surface area contributed by atoms with Gasteiger partial charge in [-0.2, -0.15) is 4.31 Å². The molecule has 2 unspecified atom stereocenters. The summed E-state index contributed by atoms with van der Waals surface area (Å²) in [6.45, 7) is 2.17. The normalized spacial score (nSPS) is 23.3. The minimum absolute atomic E-state index is 0.0569. The molecule has 1 aliphatic rings. The van der Waals surface area contributed by atoms with E-state index in [1.807, 2.05) is 0 Å². The van der Waals surface area contributed by atoms with Crippen LogP contribution in [-0.4, -0.2) is 37.8 Å². The minimum atomic E-state index is -3.55. The largest absolute Gasteiger partial charge is 0.372 e. The first kappa shape index (κ1) is 16.5. The van der Waals surface area contributed by atoms with E-state index in [1.54, 1.807) is 14.1 Å². The van der Waals surface area contributed by atoms with Gasteiger partial charge in [0.1, 0.15) is 10.7 Å². The van der Waals surface area contributed by atoms with Crippen molar-refractivity contribution >= 4 is 27.4 Å². The van der Waals surface area contributed by atoms with Gasteiger partial charge in [0.25, 0.3) is 0 Å². The van der Waals surface area contributed by atoms with Crippen molar-refractivity contribution < 1.29 is 8.42 Å². The summed E-state index contributed by atoms with van der Waals surface area (Å²) in [6, 6.07) is 1.51. The third kappa shape index (κ3) is 3.49. The highest BCUT2D eigenvalue weighted by molar-refractivity contribution is 7.89. The standard InChI is InChI=1S/C14H22ClN3O2S/c1-10-5-4-6-11(7-10)18(3)21(19,20)12-8-13(15)14(16-2)17-9-12/h8-11H,4-7H2,1-3H3,(H,16,17). The molecule has 1 aliphatic carbocycles. The SMILES string of the molecule is CNc1ncc(S(=O)(=O)N(C)C2CCCC(C)C2)cc1Cl. The lowest BCUT2D eigenvalue weighted by atomic mass is 9.87. The van der Waals surface area contributed by atoms with Crippen LogP contribution in [0.25, 0.3) is 0 Å². The van der Waals surface area contributed by atoms with Crippen molar-refractivity contribution in [3.8, 4) is 0 Å². The predicted octanol–water partition coefficient (Wildman–Crippen LogP) is 2.98. The van der Waals surface area contributed by atoms with Crippen LogP contribution in [0.15, 0.2) is 17.2 Å². The number of hydrogen-bond acceptors (Lipinski definition) is 4. The van der Waals surface area contributed by atoms with E-state index in [2.05, 4.69) is 17.2 Å². The van der Waals surface area contributed by atoms with Crippen LogP contribution in [0.1, 0.15) is 32.6 Å². The molecule has 5 nitrogen and oxygen atoms in total. The van der Waals surface area contributed by atoms with E-state index >= 15 is 0 Å². The molecule has 0 aliphatic heterocycles. The van der Waals surface area contributed by atoms with E-state index in [9.17, 15) is 8.42 Å². The Labute approximate surface area is 131 Å². The molecule has 0 saturated heterocycles. The average Bonchev–Trinajstić information content (AvgIpc) is 2.46.